The van der Waals surface area contributed by atoms with Crippen molar-refractivity contribution in [2.75, 3.05) is 0 Å². The van der Waals surface area contributed by atoms with E-state index in [1.807, 2.05) is 36.7 Å². The van der Waals surface area contributed by atoms with Gasteiger partial charge in [0.15, 0.2) is 5.82 Å². The van der Waals surface area contributed by atoms with Crippen LogP contribution in [0.15, 0.2) is 67.0 Å². The van der Waals surface area contributed by atoms with E-state index in [2.05, 4.69) is 16.9 Å². The zero-order valence-corrected chi connectivity index (χ0v) is 15.6. The lowest BCUT2D eigenvalue weighted by molar-refractivity contribution is 0.619. The second-order valence-corrected chi connectivity index (χ2v) is 6.87. The Morgan fingerprint density at radius 2 is 1.54 bits per heavy atom. The Kier molecular flexibility index (Phi) is 5.11. The molecule has 0 fully saturated rings. The first kappa shape index (κ1) is 18.2. The fourth-order valence-electron chi connectivity index (χ4n) is 3.29. The van der Waals surface area contributed by atoms with Crippen LogP contribution in [-0.2, 0) is 19.3 Å². The van der Waals surface area contributed by atoms with Crippen LogP contribution < -0.4 is 0 Å². The number of hydrogen-bond acceptors (Lipinski definition) is 2. The molecular weight excluding hydrogens is 354 g/mol. The van der Waals surface area contributed by atoms with E-state index in [0.717, 1.165) is 28.5 Å². The summed E-state index contributed by atoms with van der Waals surface area (Å²) < 4.78 is 28.0. The maximum Gasteiger partial charge on any atom is 0.159 e. The number of aromatic nitrogens is 2. The quantitative estimate of drug-likeness (QED) is 0.433. The summed E-state index contributed by atoms with van der Waals surface area (Å²) >= 11 is 0. The number of halogens is 2. The van der Waals surface area contributed by atoms with Crippen molar-refractivity contribution in [2.45, 2.75) is 26.2 Å². The minimum atomic E-state index is -0.259. The first-order valence-corrected chi connectivity index (χ1v) is 9.41. The molecule has 0 aliphatic rings. The van der Waals surface area contributed by atoms with Gasteiger partial charge in [-0.05, 0) is 59.5 Å². The molecule has 0 aliphatic carbocycles. The van der Waals surface area contributed by atoms with E-state index in [0.29, 0.717) is 29.6 Å². The van der Waals surface area contributed by atoms with Gasteiger partial charge in [-0.1, -0.05) is 43.3 Å². The molecule has 4 rings (SSSR count). The summed E-state index contributed by atoms with van der Waals surface area (Å²) in [5.41, 5.74) is 3.60. The van der Waals surface area contributed by atoms with Crippen LogP contribution in [0.5, 0.6) is 0 Å². The van der Waals surface area contributed by atoms with Crippen molar-refractivity contribution in [3.05, 3.63) is 95.3 Å². The van der Waals surface area contributed by atoms with Gasteiger partial charge in [0.05, 0.1) is 0 Å². The van der Waals surface area contributed by atoms with Crippen LogP contribution in [0, 0.1) is 11.6 Å². The highest BCUT2D eigenvalue weighted by Gasteiger charge is 2.10. The lowest BCUT2D eigenvalue weighted by atomic mass is 9.99. The molecule has 1 heterocycles. The molecule has 1 aromatic heterocycles. The van der Waals surface area contributed by atoms with Crippen LogP contribution >= 0.6 is 0 Å². The first-order valence-electron chi connectivity index (χ1n) is 9.41. The van der Waals surface area contributed by atoms with Crippen molar-refractivity contribution < 1.29 is 8.78 Å². The van der Waals surface area contributed by atoms with E-state index in [-0.39, 0.29) is 11.6 Å². The number of fused-ring (bicyclic) bond motifs is 1. The van der Waals surface area contributed by atoms with Gasteiger partial charge in [0.1, 0.15) is 11.6 Å². The summed E-state index contributed by atoms with van der Waals surface area (Å²) in [7, 11) is 0. The second-order valence-electron chi connectivity index (χ2n) is 6.87. The highest BCUT2D eigenvalue weighted by atomic mass is 19.1. The Labute approximate surface area is 162 Å². The monoisotopic (exact) mass is 374 g/mol. The summed E-state index contributed by atoms with van der Waals surface area (Å²) in [6.45, 7) is 2.06. The first-order chi connectivity index (χ1) is 13.6. The van der Waals surface area contributed by atoms with Gasteiger partial charge in [0, 0.05) is 23.3 Å². The van der Waals surface area contributed by atoms with E-state index >= 15 is 0 Å². The molecule has 0 aliphatic heterocycles. The van der Waals surface area contributed by atoms with Crippen LogP contribution in [0.4, 0.5) is 8.78 Å². The minimum absolute atomic E-state index is 0.201. The number of nitrogens with zero attached hydrogens (tertiary/aromatic N) is 2. The van der Waals surface area contributed by atoms with Gasteiger partial charge >= 0.3 is 0 Å². The molecule has 0 atom stereocenters. The molecule has 28 heavy (non-hydrogen) atoms. The molecule has 2 nitrogen and oxygen atoms in total. The van der Waals surface area contributed by atoms with Crippen molar-refractivity contribution in [2.24, 2.45) is 0 Å². The lowest BCUT2D eigenvalue weighted by Gasteiger charge is -2.09. The standard InChI is InChI=1S/C24H20F2N2/c1-2-16-14-27-24(28-15-16)20-9-12-22-19(13-20)8-7-18(23(22)26)6-3-17-4-10-21(25)11-5-17/h4-5,7-15H,2-3,6H2,1H3. The van der Waals surface area contributed by atoms with Gasteiger partial charge in [-0.25, -0.2) is 18.7 Å². The van der Waals surface area contributed by atoms with E-state index in [1.54, 1.807) is 18.2 Å². The van der Waals surface area contributed by atoms with Crippen molar-refractivity contribution in [1.29, 1.82) is 0 Å². The normalized spacial score (nSPS) is 11.1. The van der Waals surface area contributed by atoms with Crippen LogP contribution in [0.25, 0.3) is 22.2 Å². The number of rotatable bonds is 5. The molecular formula is C24H20F2N2. The van der Waals surface area contributed by atoms with Gasteiger partial charge in [-0.15, -0.1) is 0 Å². The average Bonchev–Trinajstić information content (AvgIpc) is 2.74. The van der Waals surface area contributed by atoms with E-state index in [4.69, 9.17) is 0 Å². The number of benzene rings is 3. The molecule has 0 radical (unpaired) electrons. The Balaban J connectivity index is 1.59. The molecule has 0 amide bonds. The molecule has 0 spiro atoms. The topological polar surface area (TPSA) is 25.8 Å². The molecule has 140 valence electrons. The fraction of sp³-hybridized carbons (Fsp3) is 0.167. The highest BCUT2D eigenvalue weighted by Crippen LogP contribution is 2.26. The van der Waals surface area contributed by atoms with Crippen LogP contribution in [0.3, 0.4) is 0 Å². The Hall–Kier alpha value is -3.14. The molecule has 4 heteroatoms. The zero-order chi connectivity index (χ0) is 19.5. The molecule has 0 unspecified atom stereocenters. The van der Waals surface area contributed by atoms with E-state index in [1.165, 1.54) is 12.1 Å². The van der Waals surface area contributed by atoms with Gasteiger partial charge in [0.2, 0.25) is 0 Å². The summed E-state index contributed by atoms with van der Waals surface area (Å²) in [5.74, 6) is 0.179. The highest BCUT2D eigenvalue weighted by molar-refractivity contribution is 5.87. The lowest BCUT2D eigenvalue weighted by Crippen LogP contribution is -1.97. The van der Waals surface area contributed by atoms with E-state index in [9.17, 15) is 8.78 Å². The van der Waals surface area contributed by atoms with Crippen LogP contribution in [0.2, 0.25) is 0 Å². The smallest absolute Gasteiger partial charge is 0.159 e. The van der Waals surface area contributed by atoms with Crippen molar-refractivity contribution in [3.63, 3.8) is 0 Å². The maximum atomic E-state index is 15.0. The van der Waals surface area contributed by atoms with Crippen molar-refractivity contribution >= 4 is 10.8 Å². The van der Waals surface area contributed by atoms with Crippen LogP contribution in [-0.4, -0.2) is 9.97 Å². The third-order valence-corrected chi connectivity index (χ3v) is 5.00. The fourth-order valence-corrected chi connectivity index (χ4v) is 3.29. The summed E-state index contributed by atoms with van der Waals surface area (Å²) in [5, 5.41) is 1.41. The SMILES string of the molecule is CCc1cnc(-c2ccc3c(F)c(CCc4ccc(F)cc4)ccc3c2)nc1. The molecule has 3 aromatic carbocycles. The molecule has 0 N–H and O–H groups in total. The van der Waals surface area contributed by atoms with Gasteiger partial charge in [-0.2, -0.15) is 0 Å². The van der Waals surface area contributed by atoms with Gasteiger partial charge < -0.3 is 0 Å². The Morgan fingerprint density at radius 3 is 2.25 bits per heavy atom. The summed E-state index contributed by atoms with van der Waals surface area (Å²) in [6.07, 6.45) is 5.77. The summed E-state index contributed by atoms with van der Waals surface area (Å²) in [6, 6.07) is 15.7. The Bertz CT molecular complexity index is 1100. The molecule has 0 bridgehead atoms. The van der Waals surface area contributed by atoms with Gasteiger partial charge in [0.25, 0.3) is 0 Å². The maximum absolute atomic E-state index is 15.0. The van der Waals surface area contributed by atoms with Crippen molar-refractivity contribution in [3.8, 4) is 11.4 Å². The predicted molar refractivity (Wildman–Crippen MR) is 108 cm³/mol. The Morgan fingerprint density at radius 1 is 0.786 bits per heavy atom. The predicted octanol–water partition coefficient (Wildman–Crippen LogP) is 5.92. The van der Waals surface area contributed by atoms with Crippen LogP contribution in [0.1, 0.15) is 23.6 Å². The minimum Gasteiger partial charge on any atom is -0.236 e. The number of hydrogen-bond donors (Lipinski definition) is 0. The second kappa shape index (κ2) is 7.85. The number of aryl methyl sites for hydroxylation is 3. The molecule has 0 saturated heterocycles. The summed E-state index contributed by atoms with van der Waals surface area (Å²) in [4.78, 5) is 8.81. The van der Waals surface area contributed by atoms with Crippen molar-refractivity contribution in [1.82, 2.24) is 9.97 Å². The molecule has 0 saturated carbocycles. The molecule has 4 aromatic rings. The zero-order valence-electron chi connectivity index (χ0n) is 15.6. The average molecular weight is 374 g/mol. The van der Waals surface area contributed by atoms with Gasteiger partial charge in [-0.3, -0.25) is 0 Å². The third kappa shape index (κ3) is 3.77. The van der Waals surface area contributed by atoms with E-state index < -0.39 is 0 Å². The largest absolute Gasteiger partial charge is 0.236 e. The third-order valence-electron chi connectivity index (χ3n) is 5.00.